The fourth-order valence-corrected chi connectivity index (χ4v) is 13.8. The minimum atomic E-state index is -1.08. The van der Waals surface area contributed by atoms with Gasteiger partial charge in [0.2, 0.25) is 0 Å². The highest BCUT2D eigenvalue weighted by Gasteiger charge is 2.71. The number of carbonyl (C=O) groups is 2. The number of allylic oxidation sites excluding steroid dienone is 7. The molecule has 0 amide bonds. The van der Waals surface area contributed by atoms with Crippen LogP contribution < -0.4 is 9.47 Å². The van der Waals surface area contributed by atoms with Crippen LogP contribution in [0.1, 0.15) is 91.2 Å². The average Bonchev–Trinajstić information content (AvgIpc) is 4.26. The Labute approximate surface area is 402 Å². The van der Waals surface area contributed by atoms with E-state index in [4.69, 9.17) is 14.2 Å². The third kappa shape index (κ3) is 6.28. The van der Waals surface area contributed by atoms with Crippen molar-refractivity contribution in [3.05, 3.63) is 214 Å². The van der Waals surface area contributed by atoms with E-state index < -0.39 is 16.4 Å². The molecule has 0 bridgehead atoms. The molecule has 7 heteroatoms. The highest BCUT2D eigenvalue weighted by atomic mass is 16.6. The molecule has 8 aliphatic rings. The molecule has 13 rings (SSSR count). The summed E-state index contributed by atoms with van der Waals surface area (Å²) < 4.78 is 19.1. The average molecular weight is 911 g/mol. The second kappa shape index (κ2) is 15.3. The Bertz CT molecular complexity index is 3240. The number of esters is 2. The van der Waals surface area contributed by atoms with Gasteiger partial charge in [-0.25, -0.2) is 0 Å². The lowest BCUT2D eigenvalue weighted by molar-refractivity contribution is -0.149. The molecule has 3 fully saturated rings. The van der Waals surface area contributed by atoms with Gasteiger partial charge in [0.15, 0.2) is 0 Å². The quantitative estimate of drug-likeness (QED) is 0.0952. The number of benzene rings is 5. The molecule has 5 aromatic carbocycles. The fraction of sp³-hybridized carbons (Fsp3) is 0.290. The molecule has 2 heterocycles. The SMILES string of the molecule is C=CC1C(C2C3OC(=O)CC(c4ccccc4)C32)=CC(C)CC12C=Cc1c(cccc1OC1=C3C=CC4(O)CC4(c4cccc5cc6c(cc45)C(c4ccccc4)CC(=O)O6)C3=CCC1C)C=C2O. The maximum atomic E-state index is 13.0. The van der Waals surface area contributed by atoms with Gasteiger partial charge in [0.1, 0.15) is 29.1 Å². The van der Waals surface area contributed by atoms with Crippen LogP contribution in [0.4, 0.5) is 0 Å². The third-order valence-electron chi connectivity index (χ3n) is 17.1. The van der Waals surface area contributed by atoms with Crippen molar-refractivity contribution >= 4 is 34.9 Å². The van der Waals surface area contributed by atoms with E-state index in [1.807, 2.05) is 85.0 Å². The maximum absolute atomic E-state index is 13.0. The first kappa shape index (κ1) is 42.2. The number of hydrogen-bond donors (Lipinski definition) is 2. The van der Waals surface area contributed by atoms with Crippen LogP contribution in [-0.2, 0) is 19.7 Å². The molecule has 11 unspecified atom stereocenters. The van der Waals surface area contributed by atoms with Gasteiger partial charge >= 0.3 is 11.9 Å². The van der Waals surface area contributed by atoms with Crippen LogP contribution in [0.2, 0.25) is 0 Å². The molecule has 1 spiro atoms. The van der Waals surface area contributed by atoms with Crippen LogP contribution in [0, 0.1) is 35.0 Å². The first-order valence-corrected chi connectivity index (χ1v) is 24.7. The van der Waals surface area contributed by atoms with E-state index in [2.05, 4.69) is 93.3 Å². The van der Waals surface area contributed by atoms with Gasteiger partial charge < -0.3 is 24.4 Å². The molecular weight excluding hydrogens is 857 g/mol. The molecule has 6 aliphatic carbocycles. The molecule has 11 atom stereocenters. The van der Waals surface area contributed by atoms with Gasteiger partial charge in [0.25, 0.3) is 0 Å². The van der Waals surface area contributed by atoms with Crippen LogP contribution >= 0.6 is 0 Å². The monoisotopic (exact) mass is 910 g/mol. The molecule has 2 N–H and O–H groups in total. The summed E-state index contributed by atoms with van der Waals surface area (Å²) >= 11 is 0. The topological polar surface area (TPSA) is 102 Å². The molecule has 69 heavy (non-hydrogen) atoms. The number of fused-ring (bicyclic) bond motifs is 7. The van der Waals surface area contributed by atoms with Crippen molar-refractivity contribution in [3.8, 4) is 11.5 Å². The van der Waals surface area contributed by atoms with Gasteiger partial charge in [-0.15, -0.1) is 6.58 Å². The summed E-state index contributed by atoms with van der Waals surface area (Å²) in [6, 6.07) is 36.9. The minimum absolute atomic E-state index is 0.0413. The van der Waals surface area contributed by atoms with Crippen molar-refractivity contribution < 1.29 is 34.0 Å². The van der Waals surface area contributed by atoms with Crippen LogP contribution in [0.5, 0.6) is 11.5 Å². The highest BCUT2D eigenvalue weighted by molar-refractivity contribution is 5.93. The Kier molecular flexibility index (Phi) is 9.33. The number of aliphatic hydroxyl groups is 2. The number of carbonyl (C=O) groups excluding carboxylic acids is 2. The van der Waals surface area contributed by atoms with Gasteiger partial charge in [0.05, 0.1) is 29.3 Å². The molecule has 1 saturated heterocycles. The summed E-state index contributed by atoms with van der Waals surface area (Å²) in [6.45, 7) is 8.78. The molecule has 2 saturated carbocycles. The van der Waals surface area contributed by atoms with Crippen molar-refractivity contribution in [1.82, 2.24) is 0 Å². The smallest absolute Gasteiger partial charge is 0.312 e. The summed E-state index contributed by atoms with van der Waals surface area (Å²) in [4.78, 5) is 25.9. The number of ether oxygens (including phenoxy) is 3. The van der Waals surface area contributed by atoms with E-state index in [1.54, 1.807) is 0 Å². The lowest BCUT2D eigenvalue weighted by atomic mass is 9.61. The van der Waals surface area contributed by atoms with Gasteiger partial charge in [-0.05, 0) is 88.1 Å². The lowest BCUT2D eigenvalue weighted by Crippen LogP contribution is -2.36. The van der Waals surface area contributed by atoms with Crippen LogP contribution in [0.15, 0.2) is 180 Å². The molecule has 344 valence electrons. The standard InChI is InChI=1S/C62H54O7/c1-4-48-47(57-56-45(32-55(65)69-59(56)57)38-15-9-6-10-16-38)27-35(2)33-60(48)25-23-41-40(29-53(60)63)18-12-20-51(41)68-58-36(3)21-22-50-42(58)24-26-61(66)34-62(50,61)49-19-11-17-39-28-52-46(30-44(39)49)43(31-54(64)67-52)37-13-7-5-8-14-37/h4-20,22-30,35-36,43,45,48,56-57,59,63,66H,1,21,31-34H2,2-3H3. The minimum Gasteiger partial charge on any atom is -0.511 e. The second-order valence-electron chi connectivity index (χ2n) is 21.0. The lowest BCUT2D eigenvalue weighted by Gasteiger charge is -2.43. The van der Waals surface area contributed by atoms with Crippen molar-refractivity contribution in [2.24, 2.45) is 35.0 Å². The summed E-state index contributed by atoms with van der Waals surface area (Å²) in [5, 5.41) is 26.9. The van der Waals surface area contributed by atoms with E-state index in [9.17, 15) is 19.8 Å². The van der Waals surface area contributed by atoms with E-state index in [-0.39, 0.29) is 71.6 Å². The van der Waals surface area contributed by atoms with Gasteiger partial charge in [-0.2, -0.15) is 0 Å². The van der Waals surface area contributed by atoms with Gasteiger partial charge in [-0.1, -0.05) is 153 Å². The summed E-state index contributed by atoms with van der Waals surface area (Å²) in [5.74, 6) is 2.12. The molecule has 2 aliphatic heterocycles. The predicted octanol–water partition coefficient (Wildman–Crippen LogP) is 12.5. The van der Waals surface area contributed by atoms with Crippen molar-refractivity contribution in [3.63, 3.8) is 0 Å². The third-order valence-corrected chi connectivity index (χ3v) is 17.1. The number of rotatable bonds is 7. The summed E-state index contributed by atoms with van der Waals surface area (Å²) in [6.07, 6.45) is 19.3. The second-order valence-corrected chi connectivity index (χ2v) is 21.0. The zero-order valence-corrected chi connectivity index (χ0v) is 38.8. The Morgan fingerprint density at radius 2 is 1.64 bits per heavy atom. The van der Waals surface area contributed by atoms with Crippen LogP contribution in [0.3, 0.4) is 0 Å². The van der Waals surface area contributed by atoms with E-state index in [0.29, 0.717) is 30.8 Å². The Morgan fingerprint density at radius 1 is 0.855 bits per heavy atom. The van der Waals surface area contributed by atoms with Crippen molar-refractivity contribution in [2.45, 2.75) is 74.9 Å². The molecule has 0 aromatic heterocycles. The van der Waals surface area contributed by atoms with Crippen LogP contribution in [-0.4, -0.2) is 33.9 Å². The normalized spacial score (nSPS) is 33.5. The molecule has 7 nitrogen and oxygen atoms in total. The molecule has 5 aromatic rings. The van der Waals surface area contributed by atoms with Gasteiger partial charge in [0, 0.05) is 52.2 Å². The first-order chi connectivity index (χ1) is 33.5. The predicted molar refractivity (Wildman–Crippen MR) is 267 cm³/mol. The highest BCUT2D eigenvalue weighted by Crippen LogP contribution is 2.69. The van der Waals surface area contributed by atoms with Gasteiger partial charge in [-0.3, -0.25) is 9.59 Å². The fourth-order valence-electron chi connectivity index (χ4n) is 13.8. The molecule has 0 radical (unpaired) electrons. The zero-order valence-electron chi connectivity index (χ0n) is 38.8. The van der Waals surface area contributed by atoms with Crippen molar-refractivity contribution in [2.75, 3.05) is 0 Å². The number of hydrogen-bond acceptors (Lipinski definition) is 7. The van der Waals surface area contributed by atoms with E-state index in [0.717, 1.165) is 67.5 Å². The Morgan fingerprint density at radius 3 is 2.43 bits per heavy atom. The van der Waals surface area contributed by atoms with E-state index >= 15 is 0 Å². The van der Waals surface area contributed by atoms with Crippen molar-refractivity contribution in [1.29, 1.82) is 0 Å². The largest absolute Gasteiger partial charge is 0.511 e. The Hall–Kier alpha value is -6.96. The first-order valence-electron chi connectivity index (χ1n) is 24.7. The van der Waals surface area contributed by atoms with E-state index in [1.165, 1.54) is 5.57 Å². The maximum Gasteiger partial charge on any atom is 0.312 e. The summed E-state index contributed by atoms with van der Waals surface area (Å²) in [5.41, 5.74) is 6.66. The van der Waals surface area contributed by atoms with Crippen LogP contribution in [0.25, 0.3) is 22.9 Å². The summed E-state index contributed by atoms with van der Waals surface area (Å²) in [7, 11) is 0. The number of aliphatic hydroxyl groups excluding tert-OH is 1. The molecular formula is C62H54O7. The Balaban J connectivity index is 0.854. The zero-order chi connectivity index (χ0) is 47.0.